The van der Waals surface area contributed by atoms with Crippen LogP contribution in [0.4, 0.5) is 5.95 Å². The van der Waals surface area contributed by atoms with E-state index in [1.54, 1.807) is 0 Å². The van der Waals surface area contributed by atoms with Crippen molar-refractivity contribution >= 4 is 5.95 Å². The Morgan fingerprint density at radius 2 is 2.00 bits per heavy atom. The highest BCUT2D eigenvalue weighted by Gasteiger charge is 2.26. The van der Waals surface area contributed by atoms with E-state index < -0.39 is 0 Å². The van der Waals surface area contributed by atoms with Gasteiger partial charge in [0.25, 0.3) is 0 Å². The van der Waals surface area contributed by atoms with E-state index in [0.29, 0.717) is 12.0 Å². The van der Waals surface area contributed by atoms with E-state index in [4.69, 9.17) is 9.97 Å². The summed E-state index contributed by atoms with van der Waals surface area (Å²) in [6.07, 6.45) is 9.92. The van der Waals surface area contributed by atoms with Crippen LogP contribution in [0.3, 0.4) is 0 Å². The molecule has 1 saturated heterocycles. The highest BCUT2D eigenvalue weighted by molar-refractivity contribution is 5.34. The maximum Gasteiger partial charge on any atom is 0.225 e. The Morgan fingerprint density at radius 3 is 2.64 bits per heavy atom. The molecule has 6 heteroatoms. The molecule has 0 aromatic carbocycles. The Kier molecular flexibility index (Phi) is 4.70. The summed E-state index contributed by atoms with van der Waals surface area (Å²) < 4.78 is 0. The van der Waals surface area contributed by atoms with E-state index in [2.05, 4.69) is 39.8 Å². The van der Waals surface area contributed by atoms with Crippen molar-refractivity contribution in [1.82, 2.24) is 24.8 Å². The zero-order valence-corrected chi connectivity index (χ0v) is 15.3. The van der Waals surface area contributed by atoms with Gasteiger partial charge in [-0.3, -0.25) is 4.90 Å². The largest absolute Gasteiger partial charge is 0.348 e. The van der Waals surface area contributed by atoms with E-state index in [1.807, 2.05) is 12.4 Å². The number of imidazole rings is 1. The van der Waals surface area contributed by atoms with Gasteiger partial charge < -0.3 is 9.88 Å². The van der Waals surface area contributed by atoms with Crippen LogP contribution in [0.25, 0.3) is 0 Å². The number of hydrogen-bond acceptors (Lipinski definition) is 5. The molecular formula is C19H28N6. The summed E-state index contributed by atoms with van der Waals surface area (Å²) in [5, 5.41) is 0. The van der Waals surface area contributed by atoms with Crippen molar-refractivity contribution in [2.45, 2.75) is 57.5 Å². The molecule has 0 amide bonds. The minimum absolute atomic E-state index is 0.595. The van der Waals surface area contributed by atoms with Crippen molar-refractivity contribution in [3.05, 3.63) is 35.7 Å². The standard InChI is InChI=1S/C19H28N6/c1-14-12-17(15-4-3-5-15)23-19(22-14)25-10-6-16(7-11-25)24(2)13-18-20-8-9-21-18/h8-9,12,15-16H,3-7,10-11,13H2,1-2H3,(H,20,21). The number of hydrogen-bond donors (Lipinski definition) is 1. The summed E-state index contributed by atoms with van der Waals surface area (Å²) in [7, 11) is 2.20. The van der Waals surface area contributed by atoms with E-state index in [-0.39, 0.29) is 0 Å². The molecule has 0 atom stereocenters. The van der Waals surface area contributed by atoms with Crippen LogP contribution in [0.5, 0.6) is 0 Å². The van der Waals surface area contributed by atoms with Crippen LogP contribution in [0, 0.1) is 6.92 Å². The SMILES string of the molecule is Cc1cc(C2CCC2)nc(N2CCC(N(C)Cc3ncc[nH]3)CC2)n1. The number of aromatic amines is 1. The van der Waals surface area contributed by atoms with E-state index in [1.165, 1.54) is 25.0 Å². The normalized spacial score (nSPS) is 19.4. The van der Waals surface area contributed by atoms with Crippen molar-refractivity contribution in [3.8, 4) is 0 Å². The molecule has 2 fully saturated rings. The van der Waals surface area contributed by atoms with Crippen LogP contribution in [0.2, 0.25) is 0 Å². The molecule has 134 valence electrons. The van der Waals surface area contributed by atoms with Gasteiger partial charge in [-0.05, 0) is 45.7 Å². The number of aryl methyl sites for hydroxylation is 1. The minimum Gasteiger partial charge on any atom is -0.348 e. The molecule has 1 saturated carbocycles. The first-order valence-electron chi connectivity index (χ1n) is 9.48. The van der Waals surface area contributed by atoms with E-state index >= 15 is 0 Å². The van der Waals surface area contributed by atoms with Gasteiger partial charge in [-0.1, -0.05) is 6.42 Å². The van der Waals surface area contributed by atoms with Crippen LogP contribution in [-0.2, 0) is 6.54 Å². The third kappa shape index (κ3) is 3.68. The molecule has 25 heavy (non-hydrogen) atoms. The second-order valence-corrected chi connectivity index (χ2v) is 7.53. The Morgan fingerprint density at radius 1 is 1.20 bits per heavy atom. The molecule has 1 aliphatic carbocycles. The highest BCUT2D eigenvalue weighted by Crippen LogP contribution is 2.36. The van der Waals surface area contributed by atoms with Gasteiger partial charge in [-0.2, -0.15) is 0 Å². The van der Waals surface area contributed by atoms with Crippen molar-refractivity contribution < 1.29 is 0 Å². The van der Waals surface area contributed by atoms with Crippen molar-refractivity contribution in [2.24, 2.45) is 0 Å². The zero-order valence-electron chi connectivity index (χ0n) is 15.3. The van der Waals surface area contributed by atoms with Gasteiger partial charge in [0.15, 0.2) is 0 Å². The molecule has 0 spiro atoms. The molecule has 2 aliphatic rings. The third-order valence-electron chi connectivity index (χ3n) is 5.71. The first kappa shape index (κ1) is 16.5. The Hall–Kier alpha value is -1.95. The summed E-state index contributed by atoms with van der Waals surface area (Å²) in [6.45, 7) is 5.03. The van der Waals surface area contributed by atoms with Crippen molar-refractivity contribution in [1.29, 1.82) is 0 Å². The van der Waals surface area contributed by atoms with E-state index in [9.17, 15) is 0 Å². The number of aromatic nitrogens is 4. The number of piperidine rings is 1. The molecule has 1 aliphatic heterocycles. The topological polar surface area (TPSA) is 60.9 Å². The lowest BCUT2D eigenvalue weighted by Gasteiger charge is -2.37. The first-order chi connectivity index (χ1) is 12.2. The lowest BCUT2D eigenvalue weighted by Crippen LogP contribution is -2.44. The maximum absolute atomic E-state index is 4.90. The predicted octanol–water partition coefficient (Wildman–Crippen LogP) is 2.88. The van der Waals surface area contributed by atoms with Gasteiger partial charge in [0.2, 0.25) is 5.95 Å². The Bertz CT molecular complexity index is 686. The molecule has 1 N–H and O–H groups in total. The van der Waals surface area contributed by atoms with Crippen LogP contribution in [-0.4, -0.2) is 51.0 Å². The van der Waals surface area contributed by atoms with Crippen LogP contribution in [0.1, 0.15) is 55.2 Å². The molecule has 0 bridgehead atoms. The quantitative estimate of drug-likeness (QED) is 0.907. The molecule has 4 rings (SSSR count). The van der Waals surface area contributed by atoms with Crippen molar-refractivity contribution in [3.63, 3.8) is 0 Å². The molecule has 3 heterocycles. The fraction of sp³-hybridized carbons (Fsp3) is 0.632. The molecule has 0 radical (unpaired) electrons. The van der Waals surface area contributed by atoms with Gasteiger partial charge in [-0.25, -0.2) is 15.0 Å². The average Bonchev–Trinajstić information content (AvgIpc) is 3.06. The smallest absolute Gasteiger partial charge is 0.225 e. The monoisotopic (exact) mass is 340 g/mol. The summed E-state index contributed by atoms with van der Waals surface area (Å²) in [4.78, 5) is 21.9. The Balaban J connectivity index is 1.37. The van der Waals surface area contributed by atoms with Gasteiger partial charge in [0.05, 0.1) is 6.54 Å². The third-order valence-corrected chi connectivity index (χ3v) is 5.71. The number of anilines is 1. The summed E-state index contributed by atoms with van der Waals surface area (Å²) >= 11 is 0. The highest BCUT2D eigenvalue weighted by atomic mass is 15.3. The fourth-order valence-corrected chi connectivity index (χ4v) is 3.89. The summed E-state index contributed by atoms with van der Waals surface area (Å²) in [6, 6.07) is 2.77. The molecule has 2 aromatic heterocycles. The average molecular weight is 340 g/mol. The van der Waals surface area contributed by atoms with Crippen LogP contribution in [0.15, 0.2) is 18.5 Å². The predicted molar refractivity (Wildman–Crippen MR) is 98.7 cm³/mol. The lowest BCUT2D eigenvalue weighted by atomic mass is 9.82. The van der Waals surface area contributed by atoms with Gasteiger partial charge >= 0.3 is 0 Å². The second-order valence-electron chi connectivity index (χ2n) is 7.53. The maximum atomic E-state index is 4.90. The van der Waals surface area contributed by atoms with Gasteiger partial charge in [0.1, 0.15) is 5.82 Å². The second kappa shape index (κ2) is 7.12. The van der Waals surface area contributed by atoms with Gasteiger partial charge in [0, 0.05) is 48.8 Å². The molecule has 2 aromatic rings. The molecular weight excluding hydrogens is 312 g/mol. The fourth-order valence-electron chi connectivity index (χ4n) is 3.89. The van der Waals surface area contributed by atoms with Crippen molar-refractivity contribution in [2.75, 3.05) is 25.0 Å². The van der Waals surface area contributed by atoms with E-state index in [0.717, 1.165) is 49.9 Å². The zero-order chi connectivity index (χ0) is 17.2. The first-order valence-corrected chi connectivity index (χ1v) is 9.48. The molecule has 6 nitrogen and oxygen atoms in total. The van der Waals surface area contributed by atoms with Gasteiger partial charge in [-0.15, -0.1) is 0 Å². The number of nitrogens with one attached hydrogen (secondary N) is 1. The number of rotatable bonds is 5. The van der Waals surface area contributed by atoms with Crippen LogP contribution < -0.4 is 4.90 Å². The summed E-state index contributed by atoms with van der Waals surface area (Å²) in [5.74, 6) is 2.64. The Labute approximate surface area is 149 Å². The minimum atomic E-state index is 0.595. The lowest BCUT2D eigenvalue weighted by molar-refractivity contribution is 0.196. The number of nitrogens with zero attached hydrogens (tertiary/aromatic N) is 5. The molecule has 0 unspecified atom stereocenters. The van der Waals surface area contributed by atoms with Crippen LogP contribution >= 0.6 is 0 Å². The summed E-state index contributed by atoms with van der Waals surface area (Å²) in [5.41, 5.74) is 2.36. The number of H-pyrrole nitrogens is 1.